The van der Waals surface area contributed by atoms with Gasteiger partial charge in [-0.1, -0.05) is 88.6 Å². The first-order valence-corrected chi connectivity index (χ1v) is 9.93. The molecular weight excluding hydrogens is 302 g/mol. The van der Waals surface area contributed by atoms with Crippen molar-refractivity contribution >= 4 is 16.9 Å². The fourth-order valence-electron chi connectivity index (χ4n) is 2.55. The van der Waals surface area contributed by atoms with Crippen molar-refractivity contribution in [2.24, 2.45) is 0 Å². The normalized spacial score (nSPS) is 10.4. The summed E-state index contributed by atoms with van der Waals surface area (Å²) in [6.07, 6.45) is 13.1. The van der Waals surface area contributed by atoms with Gasteiger partial charge in [-0.15, -0.1) is 0 Å². The van der Waals surface area contributed by atoms with Crippen molar-refractivity contribution in [3.63, 3.8) is 0 Å². The average molecular weight is 332 g/mol. The minimum absolute atomic E-state index is 0.0815. The lowest BCUT2D eigenvalue weighted by molar-refractivity contribution is 0.108. The Bertz CT molecular complexity index is 493. The van der Waals surface area contributed by atoms with Crippen LogP contribution in [0.2, 0.25) is 0 Å². The van der Waals surface area contributed by atoms with Crippen LogP contribution in [0, 0.1) is 11.3 Å². The van der Waals surface area contributed by atoms with Crippen molar-refractivity contribution in [1.82, 2.24) is 0 Å². The van der Waals surface area contributed by atoms with E-state index in [0.717, 1.165) is 12.2 Å². The first kappa shape index (κ1) is 19.8. The van der Waals surface area contributed by atoms with Gasteiger partial charge in [0.25, 0.3) is 0 Å². The number of unbranched alkanes of at least 4 members (excludes halogenated alkanes) is 9. The number of rotatable bonds is 12. The van der Waals surface area contributed by atoms with Crippen molar-refractivity contribution in [1.29, 1.82) is 5.26 Å². The molecule has 0 heterocycles. The third-order valence-electron chi connectivity index (χ3n) is 3.96. The van der Waals surface area contributed by atoms with Crippen LogP contribution in [0.15, 0.2) is 24.3 Å². The first-order chi connectivity index (χ1) is 11.3. The SMILES string of the molecule is CCCCCCCCCCCCSC(=O)c1cccc(C#N)c1. The Morgan fingerprint density at radius 3 is 2.22 bits per heavy atom. The van der Waals surface area contributed by atoms with Gasteiger partial charge in [0, 0.05) is 11.3 Å². The van der Waals surface area contributed by atoms with Crippen LogP contribution in [0.5, 0.6) is 0 Å². The molecule has 126 valence electrons. The smallest absolute Gasteiger partial charge is 0.219 e. The molecule has 0 unspecified atom stereocenters. The largest absolute Gasteiger partial charge is 0.282 e. The fraction of sp³-hybridized carbons (Fsp3) is 0.600. The highest BCUT2D eigenvalue weighted by Crippen LogP contribution is 2.17. The van der Waals surface area contributed by atoms with Crippen molar-refractivity contribution in [2.75, 3.05) is 5.75 Å². The van der Waals surface area contributed by atoms with Gasteiger partial charge < -0.3 is 0 Å². The number of nitriles is 1. The van der Waals surface area contributed by atoms with E-state index in [2.05, 4.69) is 13.0 Å². The van der Waals surface area contributed by atoms with Gasteiger partial charge in [0.1, 0.15) is 0 Å². The van der Waals surface area contributed by atoms with Crippen molar-refractivity contribution in [2.45, 2.75) is 71.1 Å². The van der Waals surface area contributed by atoms with Gasteiger partial charge in [-0.2, -0.15) is 5.26 Å². The van der Waals surface area contributed by atoms with E-state index in [1.54, 1.807) is 24.3 Å². The molecule has 0 aliphatic heterocycles. The number of nitrogens with zero attached hydrogens (tertiary/aromatic N) is 1. The van der Waals surface area contributed by atoms with Crippen LogP contribution in [0.1, 0.15) is 87.1 Å². The third-order valence-corrected chi connectivity index (χ3v) is 4.95. The molecule has 0 saturated carbocycles. The second-order valence-electron chi connectivity index (χ2n) is 6.01. The molecule has 2 nitrogen and oxygen atoms in total. The summed E-state index contributed by atoms with van der Waals surface area (Å²) in [5.74, 6) is 0.881. The zero-order chi connectivity index (χ0) is 16.8. The Balaban J connectivity index is 2.00. The van der Waals surface area contributed by atoms with Gasteiger partial charge in [-0.05, 0) is 18.6 Å². The summed E-state index contributed by atoms with van der Waals surface area (Å²) >= 11 is 1.38. The first-order valence-electron chi connectivity index (χ1n) is 8.95. The second-order valence-corrected chi connectivity index (χ2v) is 7.08. The molecule has 0 aromatic heterocycles. The van der Waals surface area contributed by atoms with Crippen molar-refractivity contribution < 1.29 is 4.79 Å². The summed E-state index contributed by atoms with van der Waals surface area (Å²) < 4.78 is 0. The third kappa shape index (κ3) is 9.46. The lowest BCUT2D eigenvalue weighted by Crippen LogP contribution is -1.95. The molecule has 0 aliphatic rings. The maximum absolute atomic E-state index is 12.0. The molecule has 0 N–H and O–H groups in total. The molecule has 1 aromatic carbocycles. The number of benzene rings is 1. The standard InChI is InChI=1S/C20H29NOS/c1-2-3-4-5-6-7-8-9-10-11-15-23-20(22)19-14-12-13-18(16-19)17-21/h12-14,16H,2-11,15H2,1H3. The Morgan fingerprint density at radius 2 is 1.61 bits per heavy atom. The lowest BCUT2D eigenvalue weighted by Gasteiger charge is -2.03. The molecule has 0 amide bonds. The van der Waals surface area contributed by atoms with Gasteiger partial charge in [-0.3, -0.25) is 4.79 Å². The zero-order valence-corrected chi connectivity index (χ0v) is 15.2. The summed E-state index contributed by atoms with van der Waals surface area (Å²) in [6.45, 7) is 2.25. The van der Waals surface area contributed by atoms with Crippen LogP contribution in [-0.2, 0) is 0 Å². The minimum atomic E-state index is 0.0815. The number of thioether (sulfide) groups is 1. The van der Waals surface area contributed by atoms with E-state index < -0.39 is 0 Å². The molecule has 1 aromatic rings. The number of hydrogen-bond acceptors (Lipinski definition) is 3. The maximum Gasteiger partial charge on any atom is 0.219 e. The van der Waals surface area contributed by atoms with Crippen LogP contribution in [-0.4, -0.2) is 10.9 Å². The Morgan fingerprint density at radius 1 is 1.00 bits per heavy atom. The van der Waals surface area contributed by atoms with Crippen LogP contribution in [0.3, 0.4) is 0 Å². The van der Waals surface area contributed by atoms with E-state index in [4.69, 9.17) is 5.26 Å². The average Bonchev–Trinajstić information content (AvgIpc) is 2.59. The number of carbonyl (C=O) groups is 1. The molecule has 0 atom stereocenters. The molecule has 0 radical (unpaired) electrons. The molecule has 23 heavy (non-hydrogen) atoms. The van der Waals surface area contributed by atoms with Gasteiger partial charge in [0.15, 0.2) is 0 Å². The van der Waals surface area contributed by atoms with Gasteiger partial charge in [-0.25, -0.2) is 0 Å². The van der Waals surface area contributed by atoms with Crippen molar-refractivity contribution in [3.05, 3.63) is 35.4 Å². The summed E-state index contributed by atoms with van der Waals surface area (Å²) in [5, 5.41) is 8.93. The van der Waals surface area contributed by atoms with E-state index in [0.29, 0.717) is 11.1 Å². The van der Waals surface area contributed by atoms with E-state index >= 15 is 0 Å². The minimum Gasteiger partial charge on any atom is -0.282 e. The summed E-state index contributed by atoms with van der Waals surface area (Å²) in [4.78, 5) is 12.0. The maximum atomic E-state index is 12.0. The van der Waals surface area contributed by atoms with Gasteiger partial charge >= 0.3 is 0 Å². The monoisotopic (exact) mass is 331 g/mol. The summed E-state index contributed by atoms with van der Waals surface area (Å²) in [7, 11) is 0. The van der Waals surface area contributed by atoms with E-state index in [-0.39, 0.29) is 5.12 Å². The Kier molecular flexibility index (Phi) is 11.3. The highest BCUT2D eigenvalue weighted by atomic mass is 32.2. The number of hydrogen-bond donors (Lipinski definition) is 0. The van der Waals surface area contributed by atoms with E-state index in [1.165, 1.54) is 69.5 Å². The molecule has 0 bridgehead atoms. The predicted octanol–water partition coefficient (Wildman–Crippen LogP) is 6.35. The van der Waals surface area contributed by atoms with Crippen LogP contribution < -0.4 is 0 Å². The Labute approximate surface area is 145 Å². The number of carbonyl (C=O) groups excluding carboxylic acids is 1. The quantitative estimate of drug-likeness (QED) is 0.419. The Hall–Kier alpha value is -1.27. The molecule has 0 aliphatic carbocycles. The second kappa shape index (κ2) is 13.2. The van der Waals surface area contributed by atoms with E-state index in [9.17, 15) is 4.79 Å². The summed E-state index contributed by atoms with van der Waals surface area (Å²) in [5.41, 5.74) is 1.19. The lowest BCUT2D eigenvalue weighted by atomic mass is 10.1. The van der Waals surface area contributed by atoms with Crippen molar-refractivity contribution in [3.8, 4) is 6.07 Å². The highest BCUT2D eigenvalue weighted by molar-refractivity contribution is 8.14. The van der Waals surface area contributed by atoms with Gasteiger partial charge in [0.2, 0.25) is 5.12 Å². The van der Waals surface area contributed by atoms with Gasteiger partial charge in [0.05, 0.1) is 11.6 Å². The molecule has 0 saturated heterocycles. The van der Waals surface area contributed by atoms with Crippen LogP contribution in [0.25, 0.3) is 0 Å². The molecule has 0 fully saturated rings. The topological polar surface area (TPSA) is 40.9 Å². The zero-order valence-electron chi connectivity index (χ0n) is 14.4. The molecular formula is C20H29NOS. The van der Waals surface area contributed by atoms with E-state index in [1.807, 2.05) is 0 Å². The molecule has 0 spiro atoms. The fourth-order valence-corrected chi connectivity index (χ4v) is 3.38. The van der Waals surface area contributed by atoms with Crippen LogP contribution >= 0.6 is 11.8 Å². The van der Waals surface area contributed by atoms with Crippen LogP contribution in [0.4, 0.5) is 0 Å². The molecule has 1 rings (SSSR count). The highest BCUT2D eigenvalue weighted by Gasteiger charge is 2.06. The molecule has 3 heteroatoms. The summed E-state index contributed by atoms with van der Waals surface area (Å²) in [6, 6.07) is 9.03. The predicted molar refractivity (Wildman–Crippen MR) is 99.8 cm³/mol.